The molecule has 1 aromatic heterocycles. The molecule has 2 N–H and O–H groups in total. The molecule has 2 heterocycles. The number of rotatable bonds is 8. The van der Waals surface area contributed by atoms with E-state index in [0.29, 0.717) is 23.7 Å². The van der Waals surface area contributed by atoms with Gasteiger partial charge in [-0.25, -0.2) is 4.98 Å². The predicted octanol–water partition coefficient (Wildman–Crippen LogP) is 5.84. The van der Waals surface area contributed by atoms with Crippen LogP contribution in [0.5, 0.6) is 17.2 Å². The van der Waals surface area contributed by atoms with Gasteiger partial charge in [0.1, 0.15) is 11.6 Å². The third-order valence-electron chi connectivity index (χ3n) is 4.85. The smallest absolute Gasteiger partial charge is 0.231 e. The van der Waals surface area contributed by atoms with Gasteiger partial charge in [-0.05, 0) is 62.2 Å². The number of pyridine rings is 1. The lowest BCUT2D eigenvalue weighted by Gasteiger charge is -2.14. The third-order valence-corrected chi connectivity index (χ3v) is 5.34. The lowest BCUT2D eigenvalue weighted by molar-refractivity contribution is 0.0787. The van der Waals surface area contributed by atoms with Crippen molar-refractivity contribution in [2.24, 2.45) is 0 Å². The number of anilines is 1. The summed E-state index contributed by atoms with van der Waals surface area (Å²) in [6.45, 7) is 5.66. The second-order valence-corrected chi connectivity index (χ2v) is 8.44. The molecule has 0 saturated heterocycles. The largest absolute Gasteiger partial charge is 0.507 e. The van der Waals surface area contributed by atoms with Crippen LogP contribution >= 0.6 is 15.9 Å². The van der Waals surface area contributed by atoms with Crippen LogP contribution in [0.15, 0.2) is 53.0 Å². The van der Waals surface area contributed by atoms with Gasteiger partial charge in [-0.15, -0.1) is 0 Å². The number of fused-ring (bicyclic) bond motifs is 1. The van der Waals surface area contributed by atoms with Gasteiger partial charge >= 0.3 is 0 Å². The van der Waals surface area contributed by atoms with Crippen LogP contribution in [0.25, 0.3) is 22.4 Å². The highest BCUT2D eigenvalue weighted by atomic mass is 79.9. The SMILES string of the molecule is CC(C)OCCCNc1cc(-c2cccc3c2OCO3)cc(-c2cc(Br)ccc2O)n1. The Morgan fingerprint density at radius 2 is 2.00 bits per heavy atom. The van der Waals surface area contributed by atoms with E-state index in [-0.39, 0.29) is 18.6 Å². The molecule has 6 nitrogen and oxygen atoms in total. The first kappa shape index (κ1) is 21.5. The first-order valence-corrected chi connectivity index (χ1v) is 11.1. The van der Waals surface area contributed by atoms with E-state index in [2.05, 4.69) is 21.2 Å². The molecule has 4 rings (SSSR count). The summed E-state index contributed by atoms with van der Waals surface area (Å²) in [6.07, 6.45) is 1.08. The van der Waals surface area contributed by atoms with E-state index in [1.54, 1.807) is 12.1 Å². The Balaban J connectivity index is 1.69. The van der Waals surface area contributed by atoms with Crippen molar-refractivity contribution < 1.29 is 19.3 Å². The monoisotopic (exact) mass is 484 g/mol. The number of para-hydroxylation sites is 1. The number of halogens is 1. The molecule has 7 heteroatoms. The van der Waals surface area contributed by atoms with Gasteiger partial charge < -0.3 is 24.6 Å². The minimum absolute atomic E-state index is 0.169. The summed E-state index contributed by atoms with van der Waals surface area (Å²) in [4.78, 5) is 4.75. The van der Waals surface area contributed by atoms with Crippen molar-refractivity contribution >= 4 is 21.7 Å². The van der Waals surface area contributed by atoms with E-state index in [9.17, 15) is 5.11 Å². The van der Waals surface area contributed by atoms with Crippen LogP contribution in [0.2, 0.25) is 0 Å². The summed E-state index contributed by atoms with van der Waals surface area (Å²) in [6, 6.07) is 15.1. The van der Waals surface area contributed by atoms with Crippen LogP contribution in [-0.4, -0.2) is 36.1 Å². The van der Waals surface area contributed by atoms with Crippen molar-refractivity contribution in [1.29, 1.82) is 0 Å². The molecule has 0 spiro atoms. The maximum atomic E-state index is 10.5. The Hall–Kier alpha value is -2.77. The topological polar surface area (TPSA) is 72.8 Å². The summed E-state index contributed by atoms with van der Waals surface area (Å²) in [5.74, 6) is 2.32. The van der Waals surface area contributed by atoms with Crippen LogP contribution in [0, 0.1) is 0 Å². The van der Waals surface area contributed by atoms with Crippen molar-refractivity contribution in [3.8, 4) is 39.6 Å². The van der Waals surface area contributed by atoms with Gasteiger partial charge in [0.25, 0.3) is 0 Å². The molecule has 1 aliphatic rings. The minimum Gasteiger partial charge on any atom is -0.507 e. The Kier molecular flexibility index (Phi) is 6.63. The highest BCUT2D eigenvalue weighted by Crippen LogP contribution is 2.43. The normalized spacial score (nSPS) is 12.4. The van der Waals surface area contributed by atoms with Crippen LogP contribution in [0.4, 0.5) is 5.82 Å². The van der Waals surface area contributed by atoms with E-state index >= 15 is 0 Å². The van der Waals surface area contributed by atoms with Gasteiger partial charge in [-0.1, -0.05) is 28.1 Å². The molecule has 3 aromatic rings. The molecule has 0 unspecified atom stereocenters. The molecular formula is C24H25BrN2O4. The van der Waals surface area contributed by atoms with Gasteiger partial charge in [-0.3, -0.25) is 0 Å². The molecule has 0 saturated carbocycles. The summed E-state index contributed by atoms with van der Waals surface area (Å²) in [5.41, 5.74) is 3.15. The lowest BCUT2D eigenvalue weighted by Crippen LogP contribution is -2.10. The van der Waals surface area contributed by atoms with E-state index in [1.807, 2.05) is 50.2 Å². The van der Waals surface area contributed by atoms with Crippen LogP contribution in [-0.2, 0) is 4.74 Å². The predicted molar refractivity (Wildman–Crippen MR) is 125 cm³/mol. The molecule has 0 fully saturated rings. The molecule has 162 valence electrons. The maximum absolute atomic E-state index is 10.5. The molecular weight excluding hydrogens is 460 g/mol. The highest BCUT2D eigenvalue weighted by molar-refractivity contribution is 9.10. The van der Waals surface area contributed by atoms with Gasteiger partial charge in [0.15, 0.2) is 11.5 Å². The maximum Gasteiger partial charge on any atom is 0.231 e. The van der Waals surface area contributed by atoms with Crippen molar-refractivity contribution in [3.63, 3.8) is 0 Å². The quantitative estimate of drug-likeness (QED) is 0.391. The van der Waals surface area contributed by atoms with Gasteiger partial charge in [0, 0.05) is 28.8 Å². The van der Waals surface area contributed by atoms with Crippen LogP contribution < -0.4 is 14.8 Å². The zero-order valence-corrected chi connectivity index (χ0v) is 19.1. The Bertz CT molecular complexity index is 1070. The van der Waals surface area contributed by atoms with Crippen molar-refractivity contribution in [2.45, 2.75) is 26.4 Å². The molecule has 1 aliphatic heterocycles. The average molecular weight is 485 g/mol. The standard InChI is InChI=1S/C24H25BrN2O4/c1-15(2)29-10-4-9-26-23-12-16(18-5-3-6-22-24(18)31-14-30-22)11-20(27-23)19-13-17(25)7-8-21(19)28/h3,5-8,11-13,15,28H,4,9-10,14H2,1-2H3,(H,26,27). The number of hydrogen-bond donors (Lipinski definition) is 2. The second-order valence-electron chi connectivity index (χ2n) is 7.53. The number of hydrogen-bond acceptors (Lipinski definition) is 6. The summed E-state index contributed by atoms with van der Waals surface area (Å²) >= 11 is 3.48. The van der Waals surface area contributed by atoms with Crippen molar-refractivity contribution in [1.82, 2.24) is 4.98 Å². The Morgan fingerprint density at radius 1 is 1.13 bits per heavy atom. The fourth-order valence-corrected chi connectivity index (χ4v) is 3.75. The van der Waals surface area contributed by atoms with Crippen LogP contribution in [0.1, 0.15) is 20.3 Å². The summed E-state index contributed by atoms with van der Waals surface area (Å²) < 4.78 is 17.7. The average Bonchev–Trinajstić information content (AvgIpc) is 3.24. The van der Waals surface area contributed by atoms with Crippen molar-refractivity contribution in [3.05, 3.63) is 53.0 Å². The lowest BCUT2D eigenvalue weighted by atomic mass is 10.0. The molecule has 0 atom stereocenters. The first-order chi connectivity index (χ1) is 15.0. The summed E-state index contributed by atoms with van der Waals surface area (Å²) in [7, 11) is 0. The number of nitrogens with one attached hydrogen (secondary N) is 1. The summed E-state index contributed by atoms with van der Waals surface area (Å²) in [5, 5.41) is 13.8. The van der Waals surface area contributed by atoms with Gasteiger partial charge in [0.2, 0.25) is 6.79 Å². The second kappa shape index (κ2) is 9.58. The van der Waals surface area contributed by atoms with E-state index in [1.165, 1.54) is 0 Å². The molecule has 0 bridgehead atoms. The molecule has 0 amide bonds. The number of ether oxygens (including phenoxy) is 3. The number of aromatic nitrogens is 1. The van der Waals surface area contributed by atoms with Gasteiger partial charge in [-0.2, -0.15) is 0 Å². The van der Waals surface area contributed by atoms with Gasteiger partial charge in [0.05, 0.1) is 11.8 Å². The van der Waals surface area contributed by atoms with E-state index in [0.717, 1.165) is 40.1 Å². The molecule has 31 heavy (non-hydrogen) atoms. The number of phenolic OH excluding ortho intramolecular Hbond substituents is 1. The zero-order valence-electron chi connectivity index (χ0n) is 17.5. The van der Waals surface area contributed by atoms with E-state index < -0.39 is 0 Å². The highest BCUT2D eigenvalue weighted by Gasteiger charge is 2.20. The van der Waals surface area contributed by atoms with Crippen LogP contribution in [0.3, 0.4) is 0 Å². The van der Waals surface area contributed by atoms with E-state index in [4.69, 9.17) is 19.2 Å². The minimum atomic E-state index is 0.169. The first-order valence-electron chi connectivity index (χ1n) is 10.3. The zero-order chi connectivity index (χ0) is 21.8. The molecule has 2 aromatic carbocycles. The molecule has 0 radical (unpaired) electrons. The number of benzene rings is 2. The Morgan fingerprint density at radius 3 is 2.84 bits per heavy atom. The fourth-order valence-electron chi connectivity index (χ4n) is 3.39. The number of nitrogens with zero attached hydrogens (tertiary/aromatic N) is 1. The van der Waals surface area contributed by atoms with Crippen molar-refractivity contribution in [2.75, 3.05) is 25.3 Å². The fraction of sp³-hybridized carbons (Fsp3) is 0.292. The Labute approximate surface area is 190 Å². The molecule has 0 aliphatic carbocycles. The number of phenols is 1. The number of aromatic hydroxyl groups is 1. The third kappa shape index (κ3) is 5.11.